The molecule has 0 aliphatic carbocycles. The number of hydrazone groups is 1. The Balaban J connectivity index is 2.06. The lowest BCUT2D eigenvalue weighted by Gasteiger charge is -2.03. The van der Waals surface area contributed by atoms with Crippen LogP contribution in [0.5, 0.6) is 0 Å². The van der Waals surface area contributed by atoms with Gasteiger partial charge in [-0.3, -0.25) is 9.78 Å². The van der Waals surface area contributed by atoms with E-state index >= 15 is 0 Å². The van der Waals surface area contributed by atoms with E-state index in [4.69, 9.17) is 11.5 Å². The summed E-state index contributed by atoms with van der Waals surface area (Å²) in [5.41, 5.74) is 15.4. The van der Waals surface area contributed by atoms with Crippen LogP contribution in [0.1, 0.15) is 15.9 Å². The number of hydrogen-bond acceptors (Lipinski definition) is 4. The van der Waals surface area contributed by atoms with Crippen molar-refractivity contribution in [2.24, 2.45) is 10.8 Å². The van der Waals surface area contributed by atoms with Gasteiger partial charge in [0.05, 0.1) is 0 Å². The Morgan fingerprint density at radius 3 is 2.32 bits per heavy atom. The first-order valence-corrected chi connectivity index (χ1v) is 5.56. The van der Waals surface area contributed by atoms with Crippen LogP contribution in [-0.2, 0) is 0 Å². The van der Waals surface area contributed by atoms with Crippen molar-refractivity contribution in [1.82, 2.24) is 10.4 Å². The van der Waals surface area contributed by atoms with Crippen LogP contribution in [0.4, 0.5) is 5.69 Å². The predicted octanol–water partition coefficient (Wildman–Crippen LogP) is 0.714. The Bertz CT molecular complexity index is 592. The molecule has 2 aromatic rings. The van der Waals surface area contributed by atoms with E-state index in [9.17, 15) is 4.79 Å². The molecule has 1 heterocycles. The zero-order valence-corrected chi connectivity index (χ0v) is 10.1. The van der Waals surface area contributed by atoms with Crippen LogP contribution in [-0.4, -0.2) is 16.7 Å². The van der Waals surface area contributed by atoms with E-state index in [1.54, 1.807) is 48.8 Å². The number of carbonyl (C=O) groups is 1. The monoisotopic (exact) mass is 255 g/mol. The number of amides is 1. The Morgan fingerprint density at radius 1 is 1.05 bits per heavy atom. The molecule has 96 valence electrons. The van der Waals surface area contributed by atoms with Crippen LogP contribution in [0.3, 0.4) is 0 Å². The molecule has 1 amide bonds. The fourth-order valence-electron chi connectivity index (χ4n) is 1.40. The summed E-state index contributed by atoms with van der Waals surface area (Å²) in [4.78, 5) is 15.6. The number of carbonyl (C=O) groups excluding carboxylic acids is 1. The number of aromatic nitrogens is 1. The number of nitrogen functional groups attached to an aromatic ring is 1. The first-order chi connectivity index (χ1) is 9.16. The smallest absolute Gasteiger partial charge is 0.271 e. The van der Waals surface area contributed by atoms with Crippen molar-refractivity contribution < 1.29 is 4.79 Å². The topological polar surface area (TPSA) is 106 Å². The van der Waals surface area contributed by atoms with Gasteiger partial charge in [-0.2, -0.15) is 5.10 Å². The van der Waals surface area contributed by atoms with Crippen LogP contribution >= 0.6 is 0 Å². The Labute approximate surface area is 110 Å². The predicted molar refractivity (Wildman–Crippen MR) is 73.3 cm³/mol. The van der Waals surface area contributed by atoms with Crippen LogP contribution < -0.4 is 16.9 Å². The third-order valence-corrected chi connectivity index (χ3v) is 2.43. The molecule has 0 aliphatic heterocycles. The number of benzene rings is 1. The summed E-state index contributed by atoms with van der Waals surface area (Å²) in [5.74, 6) is -0.136. The quantitative estimate of drug-likeness (QED) is 0.325. The van der Waals surface area contributed by atoms with E-state index < -0.39 is 0 Å². The summed E-state index contributed by atoms with van der Waals surface area (Å²) < 4.78 is 0. The molecule has 0 saturated carbocycles. The van der Waals surface area contributed by atoms with Crippen LogP contribution in [0, 0.1) is 0 Å². The Hall–Kier alpha value is -2.89. The van der Waals surface area contributed by atoms with Gasteiger partial charge in [0.2, 0.25) is 0 Å². The fraction of sp³-hybridized carbons (Fsp3) is 0. The molecule has 0 radical (unpaired) electrons. The van der Waals surface area contributed by atoms with Gasteiger partial charge < -0.3 is 11.5 Å². The van der Waals surface area contributed by atoms with Crippen molar-refractivity contribution in [2.45, 2.75) is 0 Å². The Kier molecular flexibility index (Phi) is 3.72. The maximum atomic E-state index is 11.8. The number of nitrogens with one attached hydrogen (secondary N) is 1. The molecule has 19 heavy (non-hydrogen) atoms. The van der Waals surface area contributed by atoms with E-state index in [0.29, 0.717) is 16.8 Å². The number of amidine groups is 1. The van der Waals surface area contributed by atoms with Gasteiger partial charge in [-0.15, -0.1) is 0 Å². The van der Waals surface area contributed by atoms with Gasteiger partial charge in [0.1, 0.15) is 0 Å². The molecular formula is C13H13N5O. The minimum atomic E-state index is -0.350. The van der Waals surface area contributed by atoms with Crippen LogP contribution in [0.2, 0.25) is 0 Å². The third kappa shape index (κ3) is 3.29. The summed E-state index contributed by atoms with van der Waals surface area (Å²) in [6.07, 6.45) is 3.19. The average Bonchev–Trinajstić information content (AvgIpc) is 2.46. The van der Waals surface area contributed by atoms with Gasteiger partial charge in [-0.25, -0.2) is 5.43 Å². The average molecular weight is 255 g/mol. The highest BCUT2D eigenvalue weighted by Gasteiger charge is 2.04. The van der Waals surface area contributed by atoms with E-state index in [0.717, 1.165) is 0 Å². The van der Waals surface area contributed by atoms with Gasteiger partial charge in [-0.05, 0) is 36.4 Å². The zero-order chi connectivity index (χ0) is 13.7. The molecule has 6 heteroatoms. The largest absolute Gasteiger partial charge is 0.399 e. The number of nitrogens with two attached hydrogens (primary N) is 2. The molecular weight excluding hydrogens is 242 g/mol. The molecule has 0 aliphatic rings. The van der Waals surface area contributed by atoms with Crippen molar-refractivity contribution in [3.05, 3.63) is 59.9 Å². The second kappa shape index (κ2) is 5.63. The molecule has 0 saturated heterocycles. The van der Waals surface area contributed by atoms with E-state index in [1.165, 1.54) is 0 Å². The number of hydrogen-bond donors (Lipinski definition) is 3. The third-order valence-electron chi connectivity index (χ3n) is 2.43. The molecule has 0 atom stereocenters. The van der Waals surface area contributed by atoms with Crippen molar-refractivity contribution >= 4 is 17.4 Å². The van der Waals surface area contributed by atoms with Crippen LogP contribution in [0.15, 0.2) is 53.9 Å². The van der Waals surface area contributed by atoms with Crippen LogP contribution in [0.25, 0.3) is 0 Å². The Morgan fingerprint density at radius 2 is 1.68 bits per heavy atom. The van der Waals surface area contributed by atoms with Gasteiger partial charge in [-0.1, -0.05) is 0 Å². The highest BCUT2D eigenvalue weighted by molar-refractivity contribution is 5.99. The second-order valence-corrected chi connectivity index (χ2v) is 3.80. The number of anilines is 1. The maximum Gasteiger partial charge on any atom is 0.271 e. The van der Waals surface area contributed by atoms with E-state index in [1.807, 2.05) is 0 Å². The maximum absolute atomic E-state index is 11.8. The van der Waals surface area contributed by atoms with Gasteiger partial charge in [0.25, 0.3) is 5.91 Å². The number of pyridine rings is 1. The van der Waals surface area contributed by atoms with Crippen molar-refractivity contribution in [2.75, 3.05) is 5.73 Å². The lowest BCUT2D eigenvalue weighted by molar-refractivity contribution is 0.0955. The number of nitrogens with zero attached hydrogens (tertiary/aromatic N) is 2. The van der Waals surface area contributed by atoms with Crippen molar-refractivity contribution in [3.63, 3.8) is 0 Å². The summed E-state index contributed by atoms with van der Waals surface area (Å²) in [6.45, 7) is 0. The lowest BCUT2D eigenvalue weighted by atomic mass is 10.2. The summed E-state index contributed by atoms with van der Waals surface area (Å²) in [6, 6.07) is 9.92. The lowest BCUT2D eigenvalue weighted by Crippen LogP contribution is -2.23. The first kappa shape index (κ1) is 12.6. The SMILES string of the molecule is N/C(=N\NC(=O)c1ccc(N)cc1)c1ccncc1. The summed E-state index contributed by atoms with van der Waals surface area (Å²) in [5, 5.41) is 3.83. The minimum absolute atomic E-state index is 0.214. The fourth-order valence-corrected chi connectivity index (χ4v) is 1.40. The molecule has 0 unspecified atom stereocenters. The molecule has 1 aromatic carbocycles. The van der Waals surface area contributed by atoms with Crippen molar-refractivity contribution in [1.29, 1.82) is 0 Å². The molecule has 2 rings (SSSR count). The van der Waals surface area contributed by atoms with Gasteiger partial charge in [0.15, 0.2) is 5.84 Å². The number of rotatable bonds is 3. The van der Waals surface area contributed by atoms with E-state index in [2.05, 4.69) is 15.5 Å². The molecule has 5 N–H and O–H groups in total. The standard InChI is InChI=1S/C13H13N5O/c14-11-3-1-10(2-4-11)13(19)18-17-12(15)9-5-7-16-8-6-9/h1-8H,14H2,(H2,15,17)(H,18,19). The molecule has 0 bridgehead atoms. The molecule has 0 spiro atoms. The van der Waals surface area contributed by atoms with Crippen molar-refractivity contribution in [3.8, 4) is 0 Å². The second-order valence-electron chi connectivity index (χ2n) is 3.80. The normalized spacial score (nSPS) is 11.1. The highest BCUT2D eigenvalue weighted by atomic mass is 16.2. The summed E-state index contributed by atoms with van der Waals surface area (Å²) >= 11 is 0. The zero-order valence-electron chi connectivity index (χ0n) is 10.1. The molecule has 1 aromatic heterocycles. The van der Waals surface area contributed by atoms with Gasteiger partial charge in [0, 0.05) is 29.2 Å². The first-order valence-electron chi connectivity index (χ1n) is 5.56. The van der Waals surface area contributed by atoms with E-state index in [-0.39, 0.29) is 11.7 Å². The minimum Gasteiger partial charge on any atom is -0.399 e. The molecule has 6 nitrogen and oxygen atoms in total. The van der Waals surface area contributed by atoms with Gasteiger partial charge >= 0.3 is 0 Å². The summed E-state index contributed by atoms with van der Waals surface area (Å²) in [7, 11) is 0. The highest BCUT2D eigenvalue weighted by Crippen LogP contribution is 2.05. The molecule has 0 fully saturated rings.